The summed E-state index contributed by atoms with van der Waals surface area (Å²) < 4.78 is 7.66. The first-order valence-corrected chi connectivity index (χ1v) is 10.6. The highest BCUT2D eigenvalue weighted by molar-refractivity contribution is 6.06. The van der Waals surface area contributed by atoms with Crippen LogP contribution in [0.15, 0.2) is 30.3 Å². The molecule has 4 heterocycles. The molecular formula is C23H27ClN6O2. The maximum atomic E-state index is 13.1. The van der Waals surface area contributed by atoms with Crippen molar-refractivity contribution in [3.63, 3.8) is 0 Å². The first-order valence-electron chi connectivity index (χ1n) is 10.6. The monoisotopic (exact) mass is 454 g/mol. The highest BCUT2D eigenvalue weighted by atomic mass is 35.5. The zero-order valence-corrected chi connectivity index (χ0v) is 19.3. The number of hydrogen-bond acceptors (Lipinski definition) is 6. The number of hydrogen-bond donors (Lipinski definition) is 2. The Morgan fingerprint density at radius 2 is 2.03 bits per heavy atom. The van der Waals surface area contributed by atoms with Crippen LogP contribution in [0.4, 0.5) is 5.82 Å². The zero-order chi connectivity index (χ0) is 21.6. The van der Waals surface area contributed by atoms with Crippen LogP contribution in [0.5, 0.6) is 5.75 Å². The summed E-state index contributed by atoms with van der Waals surface area (Å²) in [6.45, 7) is 6.04. The molecule has 2 N–H and O–H groups in total. The molecule has 0 spiro atoms. The summed E-state index contributed by atoms with van der Waals surface area (Å²) in [5.74, 6) is 2.50. The molecule has 5 rings (SSSR count). The lowest BCUT2D eigenvalue weighted by atomic mass is 9.97. The van der Waals surface area contributed by atoms with Crippen molar-refractivity contribution in [3.05, 3.63) is 52.8 Å². The van der Waals surface area contributed by atoms with Crippen LogP contribution < -0.4 is 15.4 Å². The molecule has 0 aliphatic carbocycles. The predicted octanol–water partition coefficient (Wildman–Crippen LogP) is 3.35. The summed E-state index contributed by atoms with van der Waals surface area (Å²) in [5.41, 5.74) is 3.48. The van der Waals surface area contributed by atoms with Gasteiger partial charge < -0.3 is 19.9 Å². The van der Waals surface area contributed by atoms with Crippen molar-refractivity contribution in [2.75, 3.05) is 19.0 Å². The maximum Gasteiger partial charge on any atom is 0.260 e. The Bertz CT molecular complexity index is 1170. The summed E-state index contributed by atoms with van der Waals surface area (Å²) in [5, 5.41) is 15.0. The number of amides is 1. The minimum Gasteiger partial charge on any atom is -0.496 e. The number of carbonyl (C=O) groups is 1. The van der Waals surface area contributed by atoms with E-state index in [0.29, 0.717) is 22.8 Å². The number of methoxy groups -OCH3 is 1. The van der Waals surface area contributed by atoms with Crippen LogP contribution in [0.1, 0.15) is 47.6 Å². The lowest BCUT2D eigenvalue weighted by molar-refractivity contribution is 0.102. The van der Waals surface area contributed by atoms with E-state index in [1.54, 1.807) is 13.2 Å². The second-order valence-electron chi connectivity index (χ2n) is 8.70. The number of pyridine rings is 1. The number of nitrogens with one attached hydrogen (secondary N) is 2. The Morgan fingerprint density at radius 1 is 1.19 bits per heavy atom. The van der Waals surface area contributed by atoms with E-state index < -0.39 is 0 Å². The molecule has 32 heavy (non-hydrogen) atoms. The van der Waals surface area contributed by atoms with Gasteiger partial charge in [0, 0.05) is 18.5 Å². The molecule has 2 aromatic heterocycles. The summed E-state index contributed by atoms with van der Waals surface area (Å²) in [7, 11) is 1.59. The van der Waals surface area contributed by atoms with Crippen molar-refractivity contribution in [2.24, 2.45) is 0 Å². The molecule has 0 bridgehead atoms. The second kappa shape index (κ2) is 8.52. The van der Waals surface area contributed by atoms with Crippen LogP contribution in [-0.4, -0.2) is 39.3 Å². The van der Waals surface area contributed by atoms with Crippen LogP contribution in [-0.2, 0) is 24.9 Å². The molecular weight excluding hydrogens is 428 g/mol. The third-order valence-corrected chi connectivity index (χ3v) is 6.17. The van der Waals surface area contributed by atoms with Gasteiger partial charge in [0.05, 0.1) is 12.7 Å². The number of rotatable bonds is 4. The van der Waals surface area contributed by atoms with Gasteiger partial charge in [-0.1, -0.05) is 6.07 Å². The molecule has 2 aliphatic rings. The van der Waals surface area contributed by atoms with Crippen LogP contribution in [0, 0.1) is 0 Å². The van der Waals surface area contributed by atoms with Crippen LogP contribution >= 0.6 is 12.4 Å². The van der Waals surface area contributed by atoms with E-state index in [1.165, 1.54) is 5.56 Å². The minimum atomic E-state index is -0.248. The third kappa shape index (κ3) is 3.84. The van der Waals surface area contributed by atoms with Crippen molar-refractivity contribution in [1.29, 1.82) is 0 Å². The summed E-state index contributed by atoms with van der Waals surface area (Å²) in [4.78, 5) is 17.7. The minimum absolute atomic E-state index is 0. The van der Waals surface area contributed by atoms with Gasteiger partial charge in [0.2, 0.25) is 0 Å². The molecule has 3 aromatic rings. The molecule has 8 nitrogen and oxygen atoms in total. The summed E-state index contributed by atoms with van der Waals surface area (Å²) in [6.07, 6.45) is 2.86. The van der Waals surface area contributed by atoms with E-state index in [9.17, 15) is 4.79 Å². The number of carbonyl (C=O) groups excluding carboxylic acids is 1. The van der Waals surface area contributed by atoms with Gasteiger partial charge in [-0.05, 0) is 68.6 Å². The molecule has 9 heteroatoms. The fraction of sp³-hybridized carbons (Fsp3) is 0.391. The smallest absolute Gasteiger partial charge is 0.260 e. The molecule has 1 aromatic carbocycles. The molecule has 0 saturated heterocycles. The molecule has 1 amide bonds. The number of benzene rings is 1. The van der Waals surface area contributed by atoms with Gasteiger partial charge >= 0.3 is 0 Å². The normalized spacial score (nSPS) is 16.0. The van der Waals surface area contributed by atoms with E-state index in [4.69, 9.17) is 4.74 Å². The maximum absolute atomic E-state index is 13.1. The number of halogens is 1. The van der Waals surface area contributed by atoms with Gasteiger partial charge in [-0.25, -0.2) is 4.98 Å². The van der Waals surface area contributed by atoms with Crippen molar-refractivity contribution >= 4 is 24.1 Å². The molecule has 168 valence electrons. The molecule has 0 radical (unpaired) electrons. The topological polar surface area (TPSA) is 94.0 Å². The average Bonchev–Trinajstić information content (AvgIpc) is 3.34. The lowest BCUT2D eigenvalue weighted by Crippen LogP contribution is -2.25. The van der Waals surface area contributed by atoms with E-state index in [2.05, 4.69) is 44.2 Å². The zero-order valence-electron chi connectivity index (χ0n) is 18.4. The molecule has 2 aliphatic heterocycles. The standard InChI is InChI=1S/C23H26N6O2.ClH/c1-23(2)9-7-20-27-28-21(29(20)23)17-5-4-6-19(25-17)26-22(30)16-11-15-13-24-10-8-14(15)12-18(16)31-3;/h4-6,11-12,24H,7-10,13H2,1-3H3,(H,25,26,30);1H. The van der Waals surface area contributed by atoms with Crippen molar-refractivity contribution in [2.45, 2.75) is 45.2 Å². The van der Waals surface area contributed by atoms with Gasteiger partial charge in [0.15, 0.2) is 5.82 Å². The fourth-order valence-corrected chi connectivity index (χ4v) is 4.48. The van der Waals surface area contributed by atoms with Crippen LogP contribution in [0.25, 0.3) is 11.5 Å². The second-order valence-corrected chi connectivity index (χ2v) is 8.70. The quantitative estimate of drug-likeness (QED) is 0.627. The highest BCUT2D eigenvalue weighted by Gasteiger charge is 2.34. The number of aromatic nitrogens is 4. The van der Waals surface area contributed by atoms with Crippen LogP contribution in [0.2, 0.25) is 0 Å². The first-order chi connectivity index (χ1) is 15.0. The highest BCUT2D eigenvalue weighted by Crippen LogP contribution is 2.35. The Morgan fingerprint density at radius 3 is 2.84 bits per heavy atom. The fourth-order valence-electron chi connectivity index (χ4n) is 4.48. The number of anilines is 1. The van der Waals surface area contributed by atoms with E-state index in [0.717, 1.165) is 49.6 Å². The van der Waals surface area contributed by atoms with E-state index in [1.807, 2.05) is 24.3 Å². The van der Waals surface area contributed by atoms with Crippen molar-refractivity contribution in [1.82, 2.24) is 25.1 Å². The van der Waals surface area contributed by atoms with Gasteiger partial charge in [0.25, 0.3) is 5.91 Å². The lowest BCUT2D eigenvalue weighted by Gasteiger charge is -2.22. The van der Waals surface area contributed by atoms with Crippen molar-refractivity contribution < 1.29 is 9.53 Å². The SMILES string of the molecule is COc1cc2c(cc1C(=O)Nc1cccc(-c3nnc4n3C(C)(C)CC4)n1)CNCC2.Cl. The Hall–Kier alpha value is -2.97. The Labute approximate surface area is 193 Å². The summed E-state index contributed by atoms with van der Waals surface area (Å²) in [6, 6.07) is 9.42. The van der Waals surface area contributed by atoms with Crippen molar-refractivity contribution in [3.8, 4) is 17.3 Å². The van der Waals surface area contributed by atoms with Gasteiger partial charge in [0.1, 0.15) is 23.1 Å². The Balaban J connectivity index is 0.00000245. The first kappa shape index (κ1) is 22.2. The number of nitrogens with zero attached hydrogens (tertiary/aromatic N) is 4. The number of ether oxygens (including phenoxy) is 1. The van der Waals surface area contributed by atoms with E-state index in [-0.39, 0.29) is 23.9 Å². The number of fused-ring (bicyclic) bond motifs is 2. The number of aryl methyl sites for hydroxylation is 1. The van der Waals surface area contributed by atoms with Gasteiger partial charge in [-0.2, -0.15) is 0 Å². The molecule has 0 fully saturated rings. The molecule has 0 unspecified atom stereocenters. The molecule has 0 atom stereocenters. The Kier molecular flexibility index (Phi) is 5.92. The van der Waals surface area contributed by atoms with E-state index >= 15 is 0 Å². The third-order valence-electron chi connectivity index (χ3n) is 6.17. The predicted molar refractivity (Wildman–Crippen MR) is 125 cm³/mol. The summed E-state index contributed by atoms with van der Waals surface area (Å²) >= 11 is 0. The van der Waals surface area contributed by atoms with Crippen LogP contribution in [0.3, 0.4) is 0 Å². The van der Waals surface area contributed by atoms with Gasteiger partial charge in [-0.3, -0.25) is 4.79 Å². The molecule has 0 saturated carbocycles. The average molecular weight is 455 g/mol. The largest absolute Gasteiger partial charge is 0.496 e. The van der Waals surface area contributed by atoms with Gasteiger partial charge in [-0.15, -0.1) is 22.6 Å².